The number of hydrogen-bond acceptors (Lipinski definition) is 4. The minimum atomic E-state index is -3.81. The molecular weight excluding hydrogens is 282 g/mol. The largest absolute Gasteiger partial charge is 0.282 e. The minimum absolute atomic E-state index is 0.114. The monoisotopic (exact) mass is 291 g/mol. The van der Waals surface area contributed by atoms with Gasteiger partial charge in [0.15, 0.2) is 0 Å². The maximum absolute atomic E-state index is 12.4. The molecule has 2 aromatic carbocycles. The lowest BCUT2D eigenvalue weighted by Crippen LogP contribution is -2.22. The summed E-state index contributed by atoms with van der Waals surface area (Å²) in [4.78, 5) is 12.3. The second-order valence-electron chi connectivity index (χ2n) is 3.94. The van der Waals surface area contributed by atoms with Crippen LogP contribution in [0.25, 0.3) is 10.1 Å². The molecule has 0 N–H and O–H groups in total. The van der Waals surface area contributed by atoms with Crippen LogP contribution in [0.5, 0.6) is 0 Å². The van der Waals surface area contributed by atoms with Gasteiger partial charge in [-0.25, -0.2) is 0 Å². The van der Waals surface area contributed by atoms with E-state index in [1.54, 1.807) is 42.5 Å². The van der Waals surface area contributed by atoms with Crippen molar-refractivity contribution in [1.82, 2.24) is 3.36 Å². The highest BCUT2D eigenvalue weighted by molar-refractivity contribution is 7.91. The molecule has 0 saturated carbocycles. The zero-order valence-corrected chi connectivity index (χ0v) is 11.3. The van der Waals surface area contributed by atoms with Crippen molar-refractivity contribution >= 4 is 31.6 Å². The number of rotatable bonds is 2. The highest BCUT2D eigenvalue weighted by Gasteiger charge is 2.21. The molecule has 3 rings (SSSR count). The van der Waals surface area contributed by atoms with Crippen molar-refractivity contribution < 1.29 is 8.42 Å². The maximum Gasteiger partial charge on any atom is 0.282 e. The summed E-state index contributed by atoms with van der Waals surface area (Å²) in [6.07, 6.45) is 0. The Morgan fingerprint density at radius 2 is 1.53 bits per heavy atom. The van der Waals surface area contributed by atoms with Crippen molar-refractivity contribution in [1.29, 1.82) is 0 Å². The van der Waals surface area contributed by atoms with Gasteiger partial charge >= 0.3 is 0 Å². The Hall–Kier alpha value is -1.92. The van der Waals surface area contributed by atoms with E-state index in [1.165, 1.54) is 12.1 Å². The van der Waals surface area contributed by atoms with Crippen molar-refractivity contribution in [3.8, 4) is 0 Å². The summed E-state index contributed by atoms with van der Waals surface area (Å²) in [6.45, 7) is 0. The van der Waals surface area contributed by atoms with Gasteiger partial charge in [0.05, 0.1) is 15.0 Å². The normalized spacial score (nSPS) is 11.8. The van der Waals surface area contributed by atoms with Gasteiger partial charge in [-0.1, -0.05) is 30.3 Å². The molecule has 0 bridgehead atoms. The van der Waals surface area contributed by atoms with Crippen LogP contribution >= 0.6 is 11.5 Å². The van der Waals surface area contributed by atoms with Crippen LogP contribution in [0.2, 0.25) is 0 Å². The van der Waals surface area contributed by atoms with E-state index in [9.17, 15) is 13.2 Å². The van der Waals surface area contributed by atoms with Crippen LogP contribution in [0, 0.1) is 0 Å². The fourth-order valence-electron chi connectivity index (χ4n) is 1.80. The molecule has 0 spiro atoms. The Balaban J connectivity index is 2.31. The molecule has 96 valence electrons. The summed E-state index contributed by atoms with van der Waals surface area (Å²) in [5, 5.41) is 0.423. The van der Waals surface area contributed by atoms with Crippen molar-refractivity contribution in [2.24, 2.45) is 0 Å². The second-order valence-corrected chi connectivity index (χ2v) is 6.94. The standard InChI is InChI=1S/C13H9NO3S2/c15-13-11-8-4-5-9-12(11)18-14(13)19(16,17)10-6-2-1-3-7-10/h1-9H. The lowest BCUT2D eigenvalue weighted by Gasteiger charge is -2.02. The molecule has 6 heteroatoms. The molecule has 0 amide bonds. The first-order valence-corrected chi connectivity index (χ1v) is 7.74. The molecule has 0 saturated heterocycles. The Bertz CT molecular complexity index is 892. The van der Waals surface area contributed by atoms with Gasteiger partial charge in [-0.3, -0.25) is 4.79 Å². The predicted molar refractivity (Wildman–Crippen MR) is 75.1 cm³/mol. The van der Waals surface area contributed by atoms with Gasteiger partial charge in [-0.15, -0.1) is 3.36 Å². The molecule has 0 aliphatic rings. The van der Waals surface area contributed by atoms with Crippen molar-refractivity contribution in [2.45, 2.75) is 4.90 Å². The lowest BCUT2D eigenvalue weighted by atomic mass is 10.3. The summed E-state index contributed by atoms with van der Waals surface area (Å²) in [5.74, 6) is 0. The van der Waals surface area contributed by atoms with Crippen molar-refractivity contribution in [2.75, 3.05) is 0 Å². The predicted octanol–water partition coefficient (Wildman–Crippen LogP) is 2.30. The van der Waals surface area contributed by atoms with Crippen LogP contribution in [0.1, 0.15) is 0 Å². The molecule has 4 nitrogen and oxygen atoms in total. The topological polar surface area (TPSA) is 56.1 Å². The Morgan fingerprint density at radius 1 is 0.895 bits per heavy atom. The molecule has 0 aliphatic carbocycles. The molecule has 1 aromatic heterocycles. The van der Waals surface area contributed by atoms with Crippen LogP contribution in [0.15, 0.2) is 64.3 Å². The third kappa shape index (κ3) is 1.89. The highest BCUT2D eigenvalue weighted by Crippen LogP contribution is 2.21. The van der Waals surface area contributed by atoms with Gasteiger partial charge in [0.2, 0.25) is 0 Å². The molecule has 3 aromatic rings. The van der Waals surface area contributed by atoms with E-state index in [0.717, 1.165) is 14.9 Å². The number of hydrogen-bond donors (Lipinski definition) is 0. The van der Waals surface area contributed by atoms with Crippen molar-refractivity contribution in [3.05, 3.63) is 65.0 Å². The van der Waals surface area contributed by atoms with E-state index in [4.69, 9.17) is 0 Å². The Morgan fingerprint density at radius 3 is 2.21 bits per heavy atom. The van der Waals surface area contributed by atoms with Gasteiger partial charge in [-0.05, 0) is 35.8 Å². The molecule has 19 heavy (non-hydrogen) atoms. The molecule has 0 fully saturated rings. The first-order chi connectivity index (χ1) is 9.10. The zero-order chi connectivity index (χ0) is 13.5. The van der Waals surface area contributed by atoms with E-state index in [2.05, 4.69) is 0 Å². The lowest BCUT2D eigenvalue weighted by molar-refractivity contribution is 0.590. The van der Waals surface area contributed by atoms with Gasteiger partial charge in [-0.2, -0.15) is 8.42 Å². The molecule has 0 radical (unpaired) electrons. The Kier molecular flexibility index (Phi) is 2.76. The number of benzene rings is 2. The third-order valence-electron chi connectivity index (χ3n) is 2.72. The third-order valence-corrected chi connectivity index (χ3v) is 5.89. The molecule has 0 aliphatic heterocycles. The van der Waals surface area contributed by atoms with Crippen molar-refractivity contribution in [3.63, 3.8) is 0 Å². The van der Waals surface area contributed by atoms with E-state index in [0.29, 0.717) is 10.1 Å². The van der Waals surface area contributed by atoms with Gasteiger partial charge in [0.1, 0.15) is 0 Å². The Labute approximate surface area is 113 Å². The summed E-state index contributed by atoms with van der Waals surface area (Å²) in [6, 6.07) is 14.8. The summed E-state index contributed by atoms with van der Waals surface area (Å²) in [7, 11) is -3.81. The first kappa shape index (κ1) is 12.1. The average molecular weight is 291 g/mol. The fourth-order valence-corrected chi connectivity index (χ4v) is 4.45. The molecule has 0 atom stereocenters. The second kappa shape index (κ2) is 4.32. The van der Waals surface area contributed by atoms with Gasteiger partial charge in [0, 0.05) is 0 Å². The minimum Gasteiger partial charge on any atom is -0.267 e. The smallest absolute Gasteiger partial charge is 0.267 e. The van der Waals surface area contributed by atoms with E-state index < -0.39 is 15.6 Å². The highest BCUT2D eigenvalue weighted by atomic mass is 32.3. The average Bonchev–Trinajstić information content (AvgIpc) is 2.78. The van der Waals surface area contributed by atoms with Gasteiger partial charge < -0.3 is 0 Å². The van der Waals surface area contributed by atoms with Crippen LogP contribution in [0.4, 0.5) is 0 Å². The first-order valence-electron chi connectivity index (χ1n) is 5.52. The van der Waals surface area contributed by atoms with Crippen LogP contribution in [-0.4, -0.2) is 11.8 Å². The summed E-state index contributed by atoms with van der Waals surface area (Å²) < 4.78 is 26.3. The molecular formula is C13H9NO3S2. The number of nitrogens with zero attached hydrogens (tertiary/aromatic N) is 1. The number of fused-ring (bicyclic) bond motifs is 1. The van der Waals surface area contributed by atoms with Crippen LogP contribution in [0.3, 0.4) is 0 Å². The van der Waals surface area contributed by atoms with Crippen LogP contribution in [-0.2, 0) is 10.0 Å². The fraction of sp³-hybridized carbons (Fsp3) is 0. The van der Waals surface area contributed by atoms with Gasteiger partial charge in [0.25, 0.3) is 15.6 Å². The SMILES string of the molecule is O=c1c2ccccc2sn1S(=O)(=O)c1ccccc1. The van der Waals surface area contributed by atoms with E-state index >= 15 is 0 Å². The maximum atomic E-state index is 12.4. The van der Waals surface area contributed by atoms with E-state index in [1.807, 2.05) is 0 Å². The molecule has 0 unspecified atom stereocenters. The quantitative estimate of drug-likeness (QED) is 0.728. The van der Waals surface area contributed by atoms with E-state index in [-0.39, 0.29) is 4.90 Å². The summed E-state index contributed by atoms with van der Waals surface area (Å²) in [5.41, 5.74) is -0.496. The summed E-state index contributed by atoms with van der Waals surface area (Å²) >= 11 is 0.942. The van der Waals surface area contributed by atoms with Crippen LogP contribution < -0.4 is 5.56 Å². The molecule has 1 heterocycles. The number of aromatic nitrogens is 1. The zero-order valence-electron chi connectivity index (χ0n) is 9.68.